The number of nitrogens with two attached hydrogens (primary N) is 1. The summed E-state index contributed by atoms with van der Waals surface area (Å²) >= 11 is 0. The molecule has 18 heavy (non-hydrogen) atoms. The molecule has 4 nitrogen and oxygen atoms in total. The van der Waals surface area contributed by atoms with Gasteiger partial charge in [-0.2, -0.15) is 0 Å². The van der Waals surface area contributed by atoms with Gasteiger partial charge in [-0.05, 0) is 30.7 Å². The van der Waals surface area contributed by atoms with Crippen LogP contribution in [0.15, 0.2) is 47.3 Å². The zero-order valence-electron chi connectivity index (χ0n) is 10.2. The maximum absolute atomic E-state index is 12.0. The predicted octanol–water partition coefficient (Wildman–Crippen LogP) is 2.28. The van der Waals surface area contributed by atoms with E-state index in [4.69, 9.17) is 10.2 Å². The molecule has 4 heteroatoms. The summed E-state index contributed by atoms with van der Waals surface area (Å²) < 4.78 is 4.94. The molecule has 1 amide bonds. The fraction of sp³-hybridized carbons (Fsp3) is 0.214. The van der Waals surface area contributed by atoms with Crippen molar-refractivity contribution in [1.82, 2.24) is 5.32 Å². The third-order valence-corrected chi connectivity index (χ3v) is 2.85. The molecule has 1 aromatic heterocycles. The number of rotatable bonds is 4. The van der Waals surface area contributed by atoms with E-state index in [-0.39, 0.29) is 11.8 Å². The standard InChI is InChI=1S/C14H16N2O2/c1-10(12-3-2-4-13(15)7-12)14(17)16-8-11-5-6-18-9-11/h2-7,9-10H,8,15H2,1H3,(H,16,17). The van der Waals surface area contributed by atoms with Gasteiger partial charge >= 0.3 is 0 Å². The normalized spacial score (nSPS) is 12.1. The monoisotopic (exact) mass is 244 g/mol. The molecule has 2 rings (SSSR count). The first-order valence-electron chi connectivity index (χ1n) is 5.81. The Bertz CT molecular complexity index is 520. The number of carbonyl (C=O) groups excluding carboxylic acids is 1. The van der Waals surface area contributed by atoms with Crippen molar-refractivity contribution in [3.05, 3.63) is 54.0 Å². The van der Waals surface area contributed by atoms with Gasteiger partial charge in [-0.1, -0.05) is 12.1 Å². The highest BCUT2D eigenvalue weighted by atomic mass is 16.3. The maximum atomic E-state index is 12.0. The second-order valence-electron chi connectivity index (χ2n) is 4.24. The van der Waals surface area contributed by atoms with Crippen molar-refractivity contribution in [3.63, 3.8) is 0 Å². The summed E-state index contributed by atoms with van der Waals surface area (Å²) in [5, 5.41) is 2.86. The molecule has 0 spiro atoms. The molecular formula is C14H16N2O2. The molecule has 1 atom stereocenters. The van der Waals surface area contributed by atoms with Crippen LogP contribution in [0, 0.1) is 0 Å². The minimum absolute atomic E-state index is 0.0261. The number of nitrogens with one attached hydrogen (secondary N) is 1. The Labute approximate surface area is 106 Å². The Hall–Kier alpha value is -2.23. The molecule has 1 aromatic carbocycles. The van der Waals surface area contributed by atoms with Gasteiger partial charge in [0.2, 0.25) is 5.91 Å². The fourth-order valence-electron chi connectivity index (χ4n) is 1.72. The first-order chi connectivity index (χ1) is 8.66. The van der Waals surface area contributed by atoms with Gasteiger partial charge in [0.15, 0.2) is 0 Å². The van der Waals surface area contributed by atoms with E-state index < -0.39 is 0 Å². The van der Waals surface area contributed by atoms with Crippen molar-refractivity contribution in [1.29, 1.82) is 0 Å². The fourth-order valence-corrected chi connectivity index (χ4v) is 1.72. The highest BCUT2D eigenvalue weighted by Gasteiger charge is 2.14. The maximum Gasteiger partial charge on any atom is 0.227 e. The number of carbonyl (C=O) groups is 1. The number of hydrogen-bond acceptors (Lipinski definition) is 3. The van der Waals surface area contributed by atoms with Gasteiger partial charge in [0, 0.05) is 17.8 Å². The van der Waals surface area contributed by atoms with E-state index in [1.54, 1.807) is 18.6 Å². The van der Waals surface area contributed by atoms with Crippen molar-refractivity contribution in [2.24, 2.45) is 0 Å². The number of benzene rings is 1. The van der Waals surface area contributed by atoms with Crippen LogP contribution in [0.5, 0.6) is 0 Å². The molecule has 0 radical (unpaired) electrons. The third kappa shape index (κ3) is 2.91. The minimum Gasteiger partial charge on any atom is -0.472 e. The van der Waals surface area contributed by atoms with Crippen molar-refractivity contribution in [2.75, 3.05) is 5.73 Å². The molecule has 0 saturated heterocycles. The lowest BCUT2D eigenvalue weighted by Crippen LogP contribution is -2.27. The van der Waals surface area contributed by atoms with Gasteiger partial charge in [-0.15, -0.1) is 0 Å². The zero-order chi connectivity index (χ0) is 13.0. The Balaban J connectivity index is 1.96. The average molecular weight is 244 g/mol. The Morgan fingerprint density at radius 1 is 1.44 bits per heavy atom. The highest BCUT2D eigenvalue weighted by Crippen LogP contribution is 2.17. The van der Waals surface area contributed by atoms with Crippen LogP contribution in [-0.2, 0) is 11.3 Å². The van der Waals surface area contributed by atoms with Gasteiger partial charge < -0.3 is 15.5 Å². The van der Waals surface area contributed by atoms with Crippen molar-refractivity contribution >= 4 is 11.6 Å². The zero-order valence-corrected chi connectivity index (χ0v) is 10.2. The molecule has 0 bridgehead atoms. The number of amides is 1. The van der Waals surface area contributed by atoms with Crippen LogP contribution in [0.4, 0.5) is 5.69 Å². The summed E-state index contributed by atoms with van der Waals surface area (Å²) in [5.41, 5.74) is 8.24. The van der Waals surface area contributed by atoms with Crippen LogP contribution in [0.2, 0.25) is 0 Å². The lowest BCUT2D eigenvalue weighted by atomic mass is 10.00. The van der Waals surface area contributed by atoms with E-state index in [9.17, 15) is 4.79 Å². The number of nitrogen functional groups attached to an aromatic ring is 1. The molecule has 0 aliphatic heterocycles. The minimum atomic E-state index is -0.222. The highest BCUT2D eigenvalue weighted by molar-refractivity contribution is 5.83. The molecule has 0 fully saturated rings. The van der Waals surface area contributed by atoms with Crippen molar-refractivity contribution in [2.45, 2.75) is 19.4 Å². The number of furan rings is 1. The van der Waals surface area contributed by atoms with Gasteiger partial charge in [0.1, 0.15) is 0 Å². The first kappa shape index (κ1) is 12.2. The third-order valence-electron chi connectivity index (χ3n) is 2.85. The van der Waals surface area contributed by atoms with Crippen LogP contribution < -0.4 is 11.1 Å². The van der Waals surface area contributed by atoms with Crippen molar-refractivity contribution < 1.29 is 9.21 Å². The Morgan fingerprint density at radius 3 is 2.94 bits per heavy atom. The van der Waals surface area contributed by atoms with Crippen LogP contribution in [-0.4, -0.2) is 5.91 Å². The molecule has 0 saturated carbocycles. The molecular weight excluding hydrogens is 228 g/mol. The van der Waals surface area contributed by atoms with Gasteiger partial charge in [-0.25, -0.2) is 0 Å². The molecule has 0 aliphatic rings. The van der Waals surface area contributed by atoms with E-state index >= 15 is 0 Å². The number of hydrogen-bond donors (Lipinski definition) is 2. The second-order valence-corrected chi connectivity index (χ2v) is 4.24. The van der Waals surface area contributed by atoms with E-state index in [0.29, 0.717) is 12.2 Å². The van der Waals surface area contributed by atoms with Crippen molar-refractivity contribution in [3.8, 4) is 0 Å². The van der Waals surface area contributed by atoms with Gasteiger partial charge in [0.25, 0.3) is 0 Å². The molecule has 94 valence electrons. The lowest BCUT2D eigenvalue weighted by Gasteiger charge is -2.12. The van der Waals surface area contributed by atoms with Crippen LogP contribution >= 0.6 is 0 Å². The number of anilines is 1. The lowest BCUT2D eigenvalue weighted by molar-refractivity contribution is -0.122. The molecule has 0 aliphatic carbocycles. The van der Waals surface area contributed by atoms with Gasteiger partial charge in [-0.3, -0.25) is 4.79 Å². The second kappa shape index (κ2) is 5.40. The van der Waals surface area contributed by atoms with Crippen LogP contribution in [0.1, 0.15) is 24.0 Å². The summed E-state index contributed by atoms with van der Waals surface area (Å²) in [5.74, 6) is -0.248. The SMILES string of the molecule is CC(C(=O)NCc1ccoc1)c1cccc(N)c1. The van der Waals surface area contributed by atoms with E-state index in [1.807, 2.05) is 31.2 Å². The molecule has 3 N–H and O–H groups in total. The summed E-state index contributed by atoms with van der Waals surface area (Å²) in [7, 11) is 0. The van der Waals surface area contributed by atoms with E-state index in [0.717, 1.165) is 11.1 Å². The predicted molar refractivity (Wildman–Crippen MR) is 69.8 cm³/mol. The van der Waals surface area contributed by atoms with E-state index in [2.05, 4.69) is 5.32 Å². The smallest absolute Gasteiger partial charge is 0.227 e. The van der Waals surface area contributed by atoms with Crippen LogP contribution in [0.25, 0.3) is 0 Å². The summed E-state index contributed by atoms with van der Waals surface area (Å²) in [6, 6.07) is 9.20. The topological polar surface area (TPSA) is 68.3 Å². The average Bonchev–Trinajstić information content (AvgIpc) is 2.88. The molecule has 1 heterocycles. The Morgan fingerprint density at radius 2 is 2.28 bits per heavy atom. The Kier molecular flexibility index (Phi) is 3.67. The summed E-state index contributed by atoms with van der Waals surface area (Å²) in [6.45, 7) is 2.33. The first-order valence-corrected chi connectivity index (χ1v) is 5.81. The quantitative estimate of drug-likeness (QED) is 0.811. The summed E-state index contributed by atoms with van der Waals surface area (Å²) in [6.07, 6.45) is 3.20. The summed E-state index contributed by atoms with van der Waals surface area (Å²) in [4.78, 5) is 12.0. The van der Waals surface area contributed by atoms with E-state index in [1.165, 1.54) is 0 Å². The molecule has 1 unspecified atom stereocenters. The molecule has 2 aromatic rings. The van der Waals surface area contributed by atoms with Crippen LogP contribution in [0.3, 0.4) is 0 Å². The largest absolute Gasteiger partial charge is 0.472 e. The van der Waals surface area contributed by atoms with Gasteiger partial charge in [0.05, 0.1) is 18.4 Å².